The maximum atomic E-state index is 5.56. The van der Waals surface area contributed by atoms with Crippen molar-refractivity contribution in [3.05, 3.63) is 30.1 Å². The van der Waals surface area contributed by atoms with Crippen molar-refractivity contribution < 1.29 is 9.47 Å². The largest absolute Gasteiger partial charge is 0.497 e. The van der Waals surface area contributed by atoms with Crippen LogP contribution < -0.4 is 15.4 Å². The molecule has 0 aliphatic carbocycles. The molecule has 1 aromatic carbocycles. The maximum Gasteiger partial charge on any atom is 0.191 e. The summed E-state index contributed by atoms with van der Waals surface area (Å²) in [6, 6.07) is 7.63. The van der Waals surface area contributed by atoms with Gasteiger partial charge in [0, 0.05) is 26.3 Å². The molecule has 1 aromatic heterocycles. The lowest BCUT2D eigenvalue weighted by atomic mass is 9.89. The Hall–Kier alpha value is -1.88. The summed E-state index contributed by atoms with van der Waals surface area (Å²) < 4.78 is 10.7. The zero-order chi connectivity index (χ0) is 19.9. The molecule has 0 bridgehead atoms. The van der Waals surface area contributed by atoms with Crippen molar-refractivity contribution in [1.29, 1.82) is 0 Å². The normalized spacial score (nSPS) is 12.9. The van der Waals surface area contributed by atoms with E-state index in [1.807, 2.05) is 24.3 Å². The van der Waals surface area contributed by atoms with Crippen molar-refractivity contribution in [2.24, 2.45) is 10.4 Å². The first-order valence-electron chi connectivity index (χ1n) is 8.90. The number of aromatic nitrogens is 3. The Kier molecular flexibility index (Phi) is 9.66. The topological polar surface area (TPSA) is 96.5 Å². The van der Waals surface area contributed by atoms with E-state index in [0.29, 0.717) is 24.9 Å². The van der Waals surface area contributed by atoms with E-state index in [9.17, 15) is 0 Å². The second-order valence-corrected chi connectivity index (χ2v) is 7.23. The van der Waals surface area contributed by atoms with Crippen molar-refractivity contribution in [3.63, 3.8) is 0 Å². The van der Waals surface area contributed by atoms with E-state index in [4.69, 9.17) is 9.47 Å². The van der Waals surface area contributed by atoms with Crippen molar-refractivity contribution in [3.8, 4) is 17.1 Å². The van der Waals surface area contributed by atoms with Crippen LogP contribution in [0, 0.1) is 5.41 Å². The lowest BCUT2D eigenvalue weighted by molar-refractivity contribution is 0.0205. The molecule has 28 heavy (non-hydrogen) atoms. The van der Waals surface area contributed by atoms with E-state index in [1.165, 1.54) is 0 Å². The smallest absolute Gasteiger partial charge is 0.191 e. The Labute approximate surface area is 183 Å². The molecule has 8 nitrogen and oxygen atoms in total. The fourth-order valence-electron chi connectivity index (χ4n) is 2.56. The predicted octanol–water partition coefficient (Wildman–Crippen LogP) is 2.82. The summed E-state index contributed by atoms with van der Waals surface area (Å²) in [4.78, 5) is 8.75. The van der Waals surface area contributed by atoms with Gasteiger partial charge in [0.15, 0.2) is 11.8 Å². The second kappa shape index (κ2) is 11.2. The number of rotatable bonds is 7. The van der Waals surface area contributed by atoms with Gasteiger partial charge in [-0.05, 0) is 29.7 Å². The molecule has 0 aliphatic heterocycles. The minimum absolute atomic E-state index is 0. The molecule has 0 spiro atoms. The molecule has 3 N–H and O–H groups in total. The molecule has 9 heteroatoms. The monoisotopic (exact) mass is 502 g/mol. The lowest BCUT2D eigenvalue weighted by Crippen LogP contribution is -2.45. The number of ether oxygens (including phenoxy) is 2. The first kappa shape index (κ1) is 24.2. The Morgan fingerprint density at radius 2 is 1.86 bits per heavy atom. The first-order valence-corrected chi connectivity index (χ1v) is 8.90. The van der Waals surface area contributed by atoms with Crippen molar-refractivity contribution in [1.82, 2.24) is 25.8 Å². The molecule has 0 aliphatic rings. The Balaban J connectivity index is 0.00000392. The molecule has 0 saturated carbocycles. The molecular weight excluding hydrogens is 471 g/mol. The molecule has 1 atom stereocenters. The summed E-state index contributed by atoms with van der Waals surface area (Å²) in [5, 5.41) is 13.7. The number of nitrogens with one attached hydrogen (secondary N) is 3. The Morgan fingerprint density at radius 1 is 1.18 bits per heavy atom. The second-order valence-electron chi connectivity index (χ2n) is 7.23. The van der Waals surface area contributed by atoms with Crippen LogP contribution in [0.15, 0.2) is 29.3 Å². The van der Waals surface area contributed by atoms with Crippen LogP contribution in [0.5, 0.6) is 5.75 Å². The van der Waals surface area contributed by atoms with Gasteiger partial charge in [-0.3, -0.25) is 10.1 Å². The highest BCUT2D eigenvalue weighted by molar-refractivity contribution is 14.0. The molecular formula is C19H31IN6O2. The van der Waals surface area contributed by atoms with E-state index in [0.717, 1.165) is 17.1 Å². The van der Waals surface area contributed by atoms with Gasteiger partial charge < -0.3 is 20.1 Å². The van der Waals surface area contributed by atoms with Gasteiger partial charge in [0.05, 0.1) is 19.8 Å². The van der Waals surface area contributed by atoms with Crippen LogP contribution >= 0.6 is 24.0 Å². The van der Waals surface area contributed by atoms with E-state index in [-0.39, 0.29) is 35.5 Å². The predicted molar refractivity (Wildman–Crippen MR) is 122 cm³/mol. The van der Waals surface area contributed by atoms with Gasteiger partial charge in [0.25, 0.3) is 0 Å². The fraction of sp³-hybridized carbons (Fsp3) is 0.526. The Morgan fingerprint density at radius 3 is 2.39 bits per heavy atom. The van der Waals surface area contributed by atoms with Crippen LogP contribution in [0.1, 0.15) is 26.6 Å². The summed E-state index contributed by atoms with van der Waals surface area (Å²) in [5.74, 6) is 2.85. The first-order chi connectivity index (χ1) is 12.9. The third kappa shape index (κ3) is 6.93. The highest BCUT2D eigenvalue weighted by Crippen LogP contribution is 2.21. The van der Waals surface area contributed by atoms with Crippen LogP contribution in [0.2, 0.25) is 0 Å². The van der Waals surface area contributed by atoms with E-state index >= 15 is 0 Å². The number of guanidine groups is 1. The average molecular weight is 502 g/mol. The SMILES string of the molecule is CN=C(NCc1nc(-c2ccc(OC)cc2)n[nH]1)NCC(OC)C(C)(C)C.I. The number of aromatic amines is 1. The van der Waals surface area contributed by atoms with E-state index < -0.39 is 0 Å². The summed E-state index contributed by atoms with van der Waals surface area (Å²) in [6.07, 6.45) is 0.0722. The summed E-state index contributed by atoms with van der Waals surface area (Å²) >= 11 is 0. The van der Waals surface area contributed by atoms with Gasteiger partial charge in [-0.15, -0.1) is 24.0 Å². The molecule has 0 saturated heterocycles. The number of aliphatic imine (C=N–C) groups is 1. The van der Waals surface area contributed by atoms with E-state index in [2.05, 4.69) is 51.6 Å². The number of hydrogen-bond donors (Lipinski definition) is 3. The standard InChI is InChI=1S/C19H30N6O2.HI/c1-19(2,3)15(27-6)11-21-18(20-4)22-12-16-23-17(25-24-16)13-7-9-14(26-5)10-8-13;/h7-10,15H,11-12H2,1-6H3,(H2,20,21,22)(H,23,24,25);1H. The highest BCUT2D eigenvalue weighted by Gasteiger charge is 2.24. The fourth-order valence-corrected chi connectivity index (χ4v) is 2.56. The summed E-state index contributed by atoms with van der Waals surface area (Å²) in [7, 11) is 5.10. The number of hydrogen-bond acceptors (Lipinski definition) is 5. The minimum Gasteiger partial charge on any atom is -0.497 e. The van der Waals surface area contributed by atoms with Crippen LogP contribution in [0.3, 0.4) is 0 Å². The number of H-pyrrole nitrogens is 1. The number of nitrogens with zero attached hydrogens (tertiary/aromatic N) is 3. The zero-order valence-electron chi connectivity index (χ0n) is 17.4. The van der Waals surface area contributed by atoms with Crippen molar-refractivity contribution in [2.45, 2.75) is 33.4 Å². The van der Waals surface area contributed by atoms with E-state index in [1.54, 1.807) is 21.3 Å². The van der Waals surface area contributed by atoms with Gasteiger partial charge in [0.2, 0.25) is 0 Å². The van der Waals surface area contributed by atoms with Gasteiger partial charge in [-0.2, -0.15) is 5.10 Å². The van der Waals surface area contributed by atoms with Gasteiger partial charge in [-0.1, -0.05) is 20.8 Å². The molecule has 1 heterocycles. The minimum atomic E-state index is 0. The third-order valence-corrected chi connectivity index (χ3v) is 4.23. The molecule has 156 valence electrons. The summed E-state index contributed by atoms with van der Waals surface area (Å²) in [5.41, 5.74) is 0.965. The van der Waals surface area contributed by atoms with Crippen molar-refractivity contribution in [2.75, 3.05) is 27.8 Å². The molecule has 2 rings (SSSR count). The van der Waals surface area contributed by atoms with Gasteiger partial charge in [-0.25, -0.2) is 4.98 Å². The highest BCUT2D eigenvalue weighted by atomic mass is 127. The van der Waals surface area contributed by atoms with Crippen molar-refractivity contribution >= 4 is 29.9 Å². The number of halogens is 1. The number of methoxy groups -OCH3 is 2. The van der Waals surface area contributed by atoms with Crippen LogP contribution in [0.25, 0.3) is 11.4 Å². The quantitative estimate of drug-likeness (QED) is 0.306. The van der Waals surface area contributed by atoms with Gasteiger partial charge in [0.1, 0.15) is 11.6 Å². The Bertz CT molecular complexity index is 740. The molecule has 0 fully saturated rings. The van der Waals surface area contributed by atoms with Crippen LogP contribution in [0.4, 0.5) is 0 Å². The maximum absolute atomic E-state index is 5.56. The number of benzene rings is 1. The van der Waals surface area contributed by atoms with Gasteiger partial charge >= 0.3 is 0 Å². The zero-order valence-corrected chi connectivity index (χ0v) is 19.7. The molecule has 0 amide bonds. The molecule has 1 unspecified atom stereocenters. The van der Waals surface area contributed by atoms with Crippen LogP contribution in [-0.2, 0) is 11.3 Å². The average Bonchev–Trinajstić information content (AvgIpc) is 3.12. The molecule has 2 aromatic rings. The lowest BCUT2D eigenvalue weighted by Gasteiger charge is -2.30. The van der Waals surface area contributed by atoms with Crippen LogP contribution in [-0.4, -0.2) is 55.1 Å². The third-order valence-electron chi connectivity index (χ3n) is 4.23. The summed E-state index contributed by atoms with van der Waals surface area (Å²) in [6.45, 7) is 7.58. The molecule has 0 radical (unpaired) electrons.